The van der Waals surface area contributed by atoms with Crippen LogP contribution in [0.4, 0.5) is 0 Å². The number of nitrogens with one attached hydrogen (secondary N) is 1. The van der Waals surface area contributed by atoms with Gasteiger partial charge in [0.15, 0.2) is 0 Å². The van der Waals surface area contributed by atoms with Crippen LogP contribution >= 0.6 is 11.3 Å². The SMILES string of the molecule is CC(C)CC(NC(C)C)c1cccs1. The van der Waals surface area contributed by atoms with Gasteiger partial charge >= 0.3 is 0 Å². The molecule has 1 unspecified atom stereocenters. The first-order valence-corrected chi connectivity index (χ1v) is 6.27. The smallest absolute Gasteiger partial charge is 0.0419 e. The molecule has 2 heteroatoms. The molecule has 0 aliphatic heterocycles. The number of hydrogen-bond donors (Lipinski definition) is 1. The largest absolute Gasteiger partial charge is 0.307 e. The zero-order chi connectivity index (χ0) is 10.6. The maximum Gasteiger partial charge on any atom is 0.0419 e. The molecular weight excluding hydrogens is 190 g/mol. The van der Waals surface area contributed by atoms with Crippen molar-refractivity contribution >= 4 is 11.3 Å². The average molecular weight is 211 g/mol. The van der Waals surface area contributed by atoms with Gasteiger partial charge in [-0.2, -0.15) is 0 Å². The van der Waals surface area contributed by atoms with Gasteiger partial charge in [0, 0.05) is 17.0 Å². The highest BCUT2D eigenvalue weighted by Crippen LogP contribution is 2.25. The van der Waals surface area contributed by atoms with Gasteiger partial charge in [-0.25, -0.2) is 0 Å². The second-order valence-corrected chi connectivity index (χ2v) is 5.50. The average Bonchev–Trinajstić information content (AvgIpc) is 2.52. The Morgan fingerprint density at radius 2 is 2.00 bits per heavy atom. The molecule has 0 spiro atoms. The van der Waals surface area contributed by atoms with Crippen molar-refractivity contribution in [3.05, 3.63) is 22.4 Å². The fourth-order valence-corrected chi connectivity index (χ4v) is 2.43. The third-order valence-corrected chi connectivity index (χ3v) is 3.11. The summed E-state index contributed by atoms with van der Waals surface area (Å²) in [6.45, 7) is 8.98. The normalized spacial score (nSPS) is 13.9. The van der Waals surface area contributed by atoms with Crippen molar-refractivity contribution < 1.29 is 0 Å². The Bertz CT molecular complexity index is 229. The predicted octanol–water partition coefficient (Wildman–Crippen LogP) is 3.83. The zero-order valence-electron chi connectivity index (χ0n) is 9.58. The summed E-state index contributed by atoms with van der Waals surface area (Å²) in [7, 11) is 0. The van der Waals surface area contributed by atoms with Crippen LogP contribution in [0.3, 0.4) is 0 Å². The van der Waals surface area contributed by atoms with Crippen LogP contribution in [0.25, 0.3) is 0 Å². The molecule has 80 valence electrons. The highest BCUT2D eigenvalue weighted by molar-refractivity contribution is 7.10. The number of rotatable bonds is 5. The van der Waals surface area contributed by atoms with Crippen molar-refractivity contribution in [1.82, 2.24) is 5.32 Å². The maximum atomic E-state index is 3.62. The molecule has 0 radical (unpaired) electrons. The second-order valence-electron chi connectivity index (χ2n) is 4.52. The first kappa shape index (κ1) is 11.7. The Morgan fingerprint density at radius 1 is 1.29 bits per heavy atom. The summed E-state index contributed by atoms with van der Waals surface area (Å²) in [6, 6.07) is 5.46. The highest BCUT2D eigenvalue weighted by Gasteiger charge is 2.14. The lowest BCUT2D eigenvalue weighted by atomic mass is 10.0. The van der Waals surface area contributed by atoms with Crippen LogP contribution in [0.1, 0.15) is 45.0 Å². The van der Waals surface area contributed by atoms with E-state index < -0.39 is 0 Å². The van der Waals surface area contributed by atoms with Gasteiger partial charge in [-0.3, -0.25) is 0 Å². The van der Waals surface area contributed by atoms with E-state index in [1.54, 1.807) is 0 Å². The lowest BCUT2D eigenvalue weighted by Gasteiger charge is -2.21. The third-order valence-electron chi connectivity index (χ3n) is 2.13. The minimum atomic E-state index is 0.537. The van der Waals surface area contributed by atoms with Crippen molar-refractivity contribution in [3.63, 3.8) is 0 Å². The topological polar surface area (TPSA) is 12.0 Å². The van der Waals surface area contributed by atoms with Crippen molar-refractivity contribution in [1.29, 1.82) is 0 Å². The molecule has 14 heavy (non-hydrogen) atoms. The van der Waals surface area contributed by atoms with Gasteiger partial charge in [0.1, 0.15) is 0 Å². The van der Waals surface area contributed by atoms with Crippen molar-refractivity contribution in [2.75, 3.05) is 0 Å². The third kappa shape index (κ3) is 3.81. The first-order valence-electron chi connectivity index (χ1n) is 5.39. The van der Waals surface area contributed by atoms with E-state index in [1.165, 1.54) is 11.3 Å². The second kappa shape index (κ2) is 5.52. The Kier molecular flexibility index (Phi) is 4.63. The number of hydrogen-bond acceptors (Lipinski definition) is 2. The summed E-state index contributed by atoms with van der Waals surface area (Å²) < 4.78 is 0. The molecule has 0 saturated carbocycles. The van der Waals surface area contributed by atoms with Gasteiger partial charge < -0.3 is 5.32 Å². The van der Waals surface area contributed by atoms with Gasteiger partial charge in [0.2, 0.25) is 0 Å². The monoisotopic (exact) mass is 211 g/mol. The van der Waals surface area contributed by atoms with Crippen LogP contribution in [0, 0.1) is 5.92 Å². The van der Waals surface area contributed by atoms with Crippen LogP contribution < -0.4 is 5.32 Å². The van der Waals surface area contributed by atoms with Gasteiger partial charge in [-0.1, -0.05) is 33.8 Å². The van der Waals surface area contributed by atoms with Crippen LogP contribution in [0.5, 0.6) is 0 Å². The van der Waals surface area contributed by atoms with E-state index in [0.717, 1.165) is 5.92 Å². The lowest BCUT2D eigenvalue weighted by Crippen LogP contribution is -2.28. The van der Waals surface area contributed by atoms with E-state index in [1.807, 2.05) is 11.3 Å². The summed E-state index contributed by atoms with van der Waals surface area (Å²) in [5.74, 6) is 0.744. The minimum absolute atomic E-state index is 0.537. The minimum Gasteiger partial charge on any atom is -0.307 e. The molecule has 0 aliphatic rings. The van der Waals surface area contributed by atoms with Gasteiger partial charge in [-0.05, 0) is 23.8 Å². The standard InChI is InChI=1S/C12H21NS/c1-9(2)8-11(13-10(3)4)12-6-5-7-14-12/h5-7,9-11,13H,8H2,1-4H3. The quantitative estimate of drug-likeness (QED) is 0.780. The molecule has 1 heterocycles. The number of thiophene rings is 1. The van der Waals surface area contributed by atoms with E-state index in [9.17, 15) is 0 Å². The molecule has 0 fully saturated rings. The lowest BCUT2D eigenvalue weighted by molar-refractivity contribution is 0.405. The summed E-state index contributed by atoms with van der Waals surface area (Å²) in [4.78, 5) is 1.47. The Balaban J connectivity index is 2.62. The zero-order valence-corrected chi connectivity index (χ0v) is 10.4. The molecule has 0 saturated heterocycles. The predicted molar refractivity (Wildman–Crippen MR) is 64.8 cm³/mol. The first-order chi connectivity index (χ1) is 6.59. The molecule has 1 aromatic heterocycles. The van der Waals surface area contributed by atoms with E-state index in [0.29, 0.717) is 12.1 Å². The van der Waals surface area contributed by atoms with E-state index in [4.69, 9.17) is 0 Å². The van der Waals surface area contributed by atoms with E-state index in [-0.39, 0.29) is 0 Å². The maximum absolute atomic E-state index is 3.62. The summed E-state index contributed by atoms with van der Waals surface area (Å²) in [6.07, 6.45) is 1.22. The highest BCUT2D eigenvalue weighted by atomic mass is 32.1. The van der Waals surface area contributed by atoms with Gasteiger partial charge in [0.05, 0.1) is 0 Å². The Morgan fingerprint density at radius 3 is 2.43 bits per heavy atom. The van der Waals surface area contributed by atoms with Crippen LogP contribution in [0.2, 0.25) is 0 Å². The van der Waals surface area contributed by atoms with Gasteiger partial charge in [0.25, 0.3) is 0 Å². The van der Waals surface area contributed by atoms with Crippen molar-refractivity contribution in [3.8, 4) is 0 Å². The molecule has 1 rings (SSSR count). The summed E-state index contributed by atoms with van der Waals surface area (Å²) in [5.41, 5.74) is 0. The fraction of sp³-hybridized carbons (Fsp3) is 0.667. The molecule has 1 nitrogen and oxygen atoms in total. The van der Waals surface area contributed by atoms with Crippen molar-refractivity contribution in [2.45, 2.75) is 46.2 Å². The molecule has 0 amide bonds. The van der Waals surface area contributed by atoms with Crippen LogP contribution in [0.15, 0.2) is 17.5 Å². The molecular formula is C12H21NS. The summed E-state index contributed by atoms with van der Waals surface area (Å²) in [5, 5.41) is 5.78. The summed E-state index contributed by atoms with van der Waals surface area (Å²) >= 11 is 1.85. The Labute approximate surface area is 91.5 Å². The molecule has 1 N–H and O–H groups in total. The molecule has 0 aromatic carbocycles. The van der Waals surface area contributed by atoms with Crippen LogP contribution in [-0.4, -0.2) is 6.04 Å². The van der Waals surface area contributed by atoms with Crippen LogP contribution in [-0.2, 0) is 0 Å². The molecule has 1 aromatic rings. The van der Waals surface area contributed by atoms with Crippen molar-refractivity contribution in [2.24, 2.45) is 5.92 Å². The molecule has 0 bridgehead atoms. The van der Waals surface area contributed by atoms with Gasteiger partial charge in [-0.15, -0.1) is 11.3 Å². The molecule has 0 aliphatic carbocycles. The Hall–Kier alpha value is -0.340. The van der Waals surface area contributed by atoms with E-state index in [2.05, 4.69) is 50.5 Å². The fourth-order valence-electron chi connectivity index (χ4n) is 1.63. The van der Waals surface area contributed by atoms with E-state index >= 15 is 0 Å². The molecule has 1 atom stereocenters.